The van der Waals surface area contributed by atoms with Crippen LogP contribution in [0.1, 0.15) is 33.5 Å². The van der Waals surface area contributed by atoms with Crippen LogP contribution in [0.3, 0.4) is 0 Å². The number of carbonyl (C=O) groups is 2. The van der Waals surface area contributed by atoms with E-state index in [1.54, 1.807) is 66.8 Å². The van der Waals surface area contributed by atoms with E-state index in [0.29, 0.717) is 45.4 Å². The number of hydrogen-bond donors (Lipinski definition) is 2. The first-order chi connectivity index (χ1) is 20.1. The number of benzene rings is 3. The fourth-order valence-electron chi connectivity index (χ4n) is 3.87. The Labute approximate surface area is 245 Å². The summed E-state index contributed by atoms with van der Waals surface area (Å²) in [6.45, 7) is 5.63. The third-order valence-electron chi connectivity index (χ3n) is 6.43. The zero-order chi connectivity index (χ0) is 30.2. The molecule has 0 fully saturated rings. The maximum Gasteiger partial charge on any atom is 0.255 e. The molecule has 214 valence electrons. The van der Waals surface area contributed by atoms with Gasteiger partial charge in [0.05, 0.1) is 0 Å². The molecule has 0 aliphatic carbocycles. The predicted molar refractivity (Wildman–Crippen MR) is 169 cm³/mol. The summed E-state index contributed by atoms with van der Waals surface area (Å²) in [4.78, 5) is 29.2. The second-order valence-electron chi connectivity index (χ2n) is 9.96. The molecule has 0 unspecified atom stereocenters. The number of nitrogens with zero attached hydrogens (tertiary/aromatic N) is 4. The van der Waals surface area contributed by atoms with Gasteiger partial charge in [0.25, 0.3) is 11.8 Å². The molecule has 1 heterocycles. The van der Waals surface area contributed by atoms with Crippen LogP contribution >= 0.6 is 0 Å². The fourth-order valence-corrected chi connectivity index (χ4v) is 3.87. The Morgan fingerprint density at radius 2 is 1.31 bits per heavy atom. The average Bonchev–Trinajstić information content (AvgIpc) is 3.50. The molecular formula is C33H34N6O3. The van der Waals surface area contributed by atoms with Gasteiger partial charge in [0.1, 0.15) is 0 Å². The summed E-state index contributed by atoms with van der Waals surface area (Å²) in [6, 6.07) is 21.9. The van der Waals surface area contributed by atoms with Crippen LogP contribution in [0.4, 0.5) is 17.1 Å². The lowest BCUT2D eigenvalue weighted by Crippen LogP contribution is -2.21. The lowest BCUT2D eigenvalue weighted by atomic mass is 10.1. The Bertz CT molecular complexity index is 1610. The normalized spacial score (nSPS) is 11.5. The summed E-state index contributed by atoms with van der Waals surface area (Å²) in [5.41, 5.74) is 5.74. The molecule has 42 heavy (non-hydrogen) atoms. The summed E-state index contributed by atoms with van der Waals surface area (Å²) in [7, 11) is 7.79. The van der Waals surface area contributed by atoms with E-state index in [0.717, 1.165) is 11.4 Å². The third kappa shape index (κ3) is 7.39. The van der Waals surface area contributed by atoms with Crippen molar-refractivity contribution in [2.75, 3.05) is 43.3 Å². The van der Waals surface area contributed by atoms with Crippen molar-refractivity contribution in [3.8, 4) is 11.5 Å². The molecule has 0 aliphatic heterocycles. The maximum absolute atomic E-state index is 12.7. The van der Waals surface area contributed by atoms with Crippen molar-refractivity contribution in [1.29, 1.82) is 0 Å². The first kappa shape index (κ1) is 29.5. The number of hydrogen-bond acceptors (Lipinski definition) is 7. The molecular weight excluding hydrogens is 528 g/mol. The smallest absolute Gasteiger partial charge is 0.255 e. The first-order valence-corrected chi connectivity index (χ1v) is 13.3. The van der Waals surface area contributed by atoms with E-state index < -0.39 is 0 Å². The highest BCUT2D eigenvalue weighted by atomic mass is 16.4. The largest absolute Gasteiger partial charge is 0.416 e. The number of carbonyl (C=O) groups excluding carboxylic acids is 2. The Morgan fingerprint density at radius 3 is 1.83 bits per heavy atom. The van der Waals surface area contributed by atoms with Crippen LogP contribution in [0, 0.1) is 0 Å². The van der Waals surface area contributed by atoms with Gasteiger partial charge in [0, 0.05) is 73.2 Å². The highest BCUT2D eigenvalue weighted by molar-refractivity contribution is 6.04. The number of aromatic nitrogens is 2. The van der Waals surface area contributed by atoms with Crippen LogP contribution in [0.15, 0.2) is 108 Å². The summed E-state index contributed by atoms with van der Waals surface area (Å²) in [5.74, 6) is 0.254. The minimum absolute atomic E-state index is 0.195. The van der Waals surface area contributed by atoms with Gasteiger partial charge in [-0.1, -0.05) is 12.7 Å². The summed E-state index contributed by atoms with van der Waals surface area (Å²) < 4.78 is 5.87. The molecule has 9 heteroatoms. The summed E-state index contributed by atoms with van der Waals surface area (Å²) in [6.07, 6.45) is 5.06. The molecule has 9 nitrogen and oxygen atoms in total. The first-order valence-electron chi connectivity index (χ1n) is 13.3. The van der Waals surface area contributed by atoms with Crippen LogP contribution < -0.4 is 20.4 Å². The summed E-state index contributed by atoms with van der Waals surface area (Å²) >= 11 is 0. The molecule has 3 aromatic carbocycles. The second kappa shape index (κ2) is 13.3. The number of amides is 2. The quantitative estimate of drug-likeness (QED) is 0.228. The van der Waals surface area contributed by atoms with Gasteiger partial charge in [0.15, 0.2) is 0 Å². The second-order valence-corrected chi connectivity index (χ2v) is 9.96. The standard InChI is InChI=1S/C33H34N6O3/c1-7-26(34-30(40)23-11-18-28(19-12-23)38(3)4)15-8-22(2)32-36-37-33(42-32)25-9-16-27(17-10-25)35-31(41)24-13-20-29(21-14-24)39(5)6/h7-21H,1H2,2-6H3,(H,34,40)(H,35,41)/b22-8+,26-15+. The van der Waals surface area contributed by atoms with Gasteiger partial charge in [-0.3, -0.25) is 9.59 Å². The van der Waals surface area contributed by atoms with Crippen LogP contribution in [-0.4, -0.2) is 50.2 Å². The van der Waals surface area contributed by atoms with Crippen molar-refractivity contribution in [2.24, 2.45) is 0 Å². The van der Waals surface area contributed by atoms with Crippen molar-refractivity contribution in [2.45, 2.75) is 6.92 Å². The monoisotopic (exact) mass is 562 g/mol. The highest BCUT2D eigenvalue weighted by Crippen LogP contribution is 2.23. The average molecular weight is 563 g/mol. The van der Waals surface area contributed by atoms with Crippen LogP contribution in [-0.2, 0) is 0 Å². The van der Waals surface area contributed by atoms with Crippen molar-refractivity contribution in [3.05, 3.63) is 120 Å². The fraction of sp³-hybridized carbons (Fsp3) is 0.152. The van der Waals surface area contributed by atoms with Gasteiger partial charge in [-0.15, -0.1) is 10.2 Å². The Morgan fingerprint density at radius 1 is 0.762 bits per heavy atom. The van der Waals surface area contributed by atoms with E-state index in [-0.39, 0.29) is 11.8 Å². The minimum Gasteiger partial charge on any atom is -0.416 e. The predicted octanol–water partition coefficient (Wildman–Crippen LogP) is 6.02. The number of rotatable bonds is 10. The van der Waals surface area contributed by atoms with Crippen LogP contribution in [0.2, 0.25) is 0 Å². The van der Waals surface area contributed by atoms with Crippen molar-refractivity contribution >= 4 is 34.4 Å². The van der Waals surface area contributed by atoms with Crippen molar-refractivity contribution < 1.29 is 14.0 Å². The zero-order valence-electron chi connectivity index (χ0n) is 24.4. The Balaban J connectivity index is 1.38. The Kier molecular flexibility index (Phi) is 9.34. The van der Waals surface area contributed by atoms with Crippen molar-refractivity contribution in [3.63, 3.8) is 0 Å². The van der Waals surface area contributed by atoms with E-state index >= 15 is 0 Å². The lowest BCUT2D eigenvalue weighted by molar-refractivity contribution is 0.0966. The number of allylic oxidation sites excluding steroid dienone is 4. The van der Waals surface area contributed by atoms with Gasteiger partial charge in [-0.2, -0.15) is 0 Å². The molecule has 0 atom stereocenters. The molecule has 0 bridgehead atoms. The van der Waals surface area contributed by atoms with Gasteiger partial charge in [-0.05, 0) is 91.9 Å². The van der Waals surface area contributed by atoms with Crippen LogP contribution in [0.25, 0.3) is 17.0 Å². The molecule has 0 radical (unpaired) electrons. The molecule has 0 spiro atoms. The molecule has 2 N–H and O–H groups in total. The molecule has 2 amide bonds. The van der Waals surface area contributed by atoms with Gasteiger partial charge < -0.3 is 24.9 Å². The SMILES string of the molecule is C=C/C(=C\C=C(/C)c1nnc(-c2ccc(NC(=O)c3ccc(N(C)C)cc3)cc2)o1)NC(=O)c1ccc(N(C)C)cc1. The molecule has 4 rings (SSSR count). The van der Waals surface area contributed by atoms with Crippen molar-refractivity contribution in [1.82, 2.24) is 15.5 Å². The molecule has 1 aromatic heterocycles. The number of anilines is 3. The van der Waals surface area contributed by atoms with E-state index in [2.05, 4.69) is 27.4 Å². The zero-order valence-corrected chi connectivity index (χ0v) is 24.4. The van der Waals surface area contributed by atoms with Crippen LogP contribution in [0.5, 0.6) is 0 Å². The minimum atomic E-state index is -0.237. The van der Waals surface area contributed by atoms with Gasteiger partial charge in [-0.25, -0.2) is 0 Å². The van der Waals surface area contributed by atoms with E-state index in [4.69, 9.17) is 4.42 Å². The van der Waals surface area contributed by atoms with E-state index in [1.807, 2.05) is 69.2 Å². The number of nitrogens with one attached hydrogen (secondary N) is 2. The van der Waals surface area contributed by atoms with Gasteiger partial charge >= 0.3 is 0 Å². The molecule has 4 aromatic rings. The topological polar surface area (TPSA) is 104 Å². The molecule has 0 saturated carbocycles. The van der Waals surface area contributed by atoms with Gasteiger partial charge in [0.2, 0.25) is 11.8 Å². The Hall–Kier alpha value is -5.44. The maximum atomic E-state index is 12.7. The third-order valence-corrected chi connectivity index (χ3v) is 6.43. The highest BCUT2D eigenvalue weighted by Gasteiger charge is 2.12. The van der Waals surface area contributed by atoms with E-state index in [1.165, 1.54) is 0 Å². The molecule has 0 aliphatic rings. The summed E-state index contributed by atoms with van der Waals surface area (Å²) in [5, 5.41) is 14.1. The lowest BCUT2D eigenvalue weighted by Gasteiger charge is -2.12. The molecule has 0 saturated heterocycles. The van der Waals surface area contributed by atoms with E-state index in [9.17, 15) is 9.59 Å².